The van der Waals surface area contributed by atoms with Crippen LogP contribution in [0.15, 0.2) is 17.8 Å². The van der Waals surface area contributed by atoms with E-state index in [1.807, 2.05) is 6.07 Å². The lowest BCUT2D eigenvalue weighted by atomic mass is 9.99. The number of hydrogen-bond acceptors (Lipinski definition) is 7. The fourth-order valence-corrected chi connectivity index (χ4v) is 4.94. The predicted molar refractivity (Wildman–Crippen MR) is 101 cm³/mol. The van der Waals surface area contributed by atoms with Gasteiger partial charge in [0.05, 0.1) is 17.7 Å². The van der Waals surface area contributed by atoms with Gasteiger partial charge in [0.15, 0.2) is 5.69 Å². The van der Waals surface area contributed by atoms with Gasteiger partial charge in [0.2, 0.25) is 0 Å². The van der Waals surface area contributed by atoms with Crippen molar-refractivity contribution in [2.75, 3.05) is 36.0 Å². The third kappa shape index (κ3) is 3.93. The summed E-state index contributed by atoms with van der Waals surface area (Å²) in [5.74, 6) is 1.52. The van der Waals surface area contributed by atoms with E-state index in [9.17, 15) is 18.3 Å². The van der Waals surface area contributed by atoms with E-state index in [0.29, 0.717) is 11.6 Å². The Labute approximate surface area is 165 Å². The van der Waals surface area contributed by atoms with Crippen molar-refractivity contribution in [1.82, 2.24) is 15.0 Å². The summed E-state index contributed by atoms with van der Waals surface area (Å²) in [5.41, 5.74) is -0.807. The number of aliphatic hydroxyl groups excluding tert-OH is 1. The molecule has 2 aromatic heterocycles. The highest BCUT2D eigenvalue weighted by atomic mass is 32.1. The van der Waals surface area contributed by atoms with Crippen molar-refractivity contribution in [2.45, 2.75) is 43.8 Å². The van der Waals surface area contributed by atoms with E-state index in [-0.39, 0.29) is 18.6 Å². The maximum absolute atomic E-state index is 12.9. The third-order valence-corrected chi connectivity index (χ3v) is 6.43. The van der Waals surface area contributed by atoms with Crippen LogP contribution in [0.3, 0.4) is 0 Å². The molecule has 10 heteroatoms. The highest BCUT2D eigenvalue weighted by Gasteiger charge is 2.35. The average Bonchev–Trinajstić information content (AvgIpc) is 3.37. The van der Waals surface area contributed by atoms with E-state index in [1.165, 1.54) is 6.33 Å². The van der Waals surface area contributed by atoms with Crippen LogP contribution in [0.1, 0.15) is 42.3 Å². The van der Waals surface area contributed by atoms with E-state index >= 15 is 0 Å². The molecule has 4 heterocycles. The van der Waals surface area contributed by atoms with E-state index in [4.69, 9.17) is 0 Å². The molecule has 2 atom stereocenters. The number of halogens is 3. The highest BCUT2D eigenvalue weighted by Crippen LogP contribution is 2.36. The molecule has 4 rings (SSSR count). The van der Waals surface area contributed by atoms with Gasteiger partial charge in [0.25, 0.3) is 0 Å². The summed E-state index contributed by atoms with van der Waals surface area (Å²) >= 11 is 1.08. The quantitative estimate of drug-likeness (QED) is 0.830. The van der Waals surface area contributed by atoms with Crippen LogP contribution in [-0.4, -0.2) is 52.3 Å². The predicted octanol–water partition coefficient (Wildman–Crippen LogP) is 3.30. The maximum Gasteiger partial charge on any atom is 0.434 e. The zero-order valence-corrected chi connectivity index (χ0v) is 16.1. The number of anilines is 2. The molecule has 0 spiro atoms. The molecule has 28 heavy (non-hydrogen) atoms. The fraction of sp³-hybridized carbons (Fsp3) is 0.611. The molecule has 6 nitrogen and oxygen atoms in total. The average molecular weight is 413 g/mol. The topological polar surface area (TPSA) is 65.4 Å². The second-order valence-corrected chi connectivity index (χ2v) is 8.15. The summed E-state index contributed by atoms with van der Waals surface area (Å²) in [7, 11) is 0. The second-order valence-electron chi connectivity index (χ2n) is 7.26. The number of aliphatic hydroxyl groups is 1. The summed E-state index contributed by atoms with van der Waals surface area (Å²) in [6.45, 7) is 2.33. The first-order valence-corrected chi connectivity index (χ1v) is 10.3. The van der Waals surface area contributed by atoms with Crippen molar-refractivity contribution in [2.24, 2.45) is 0 Å². The monoisotopic (exact) mass is 413 g/mol. The molecule has 0 aliphatic carbocycles. The van der Waals surface area contributed by atoms with Gasteiger partial charge in [-0.2, -0.15) is 13.2 Å². The molecule has 1 N–H and O–H groups in total. The lowest BCUT2D eigenvalue weighted by Crippen LogP contribution is -2.36. The molecule has 2 saturated heterocycles. The van der Waals surface area contributed by atoms with Crippen molar-refractivity contribution in [3.05, 3.63) is 28.5 Å². The van der Waals surface area contributed by atoms with Crippen molar-refractivity contribution < 1.29 is 18.3 Å². The number of alkyl halides is 3. The molecule has 2 aromatic rings. The molecule has 0 aromatic carbocycles. The normalized spacial score (nSPS) is 23.4. The first kappa shape index (κ1) is 19.4. The van der Waals surface area contributed by atoms with Crippen LogP contribution >= 0.6 is 11.3 Å². The molecular weight excluding hydrogens is 391 g/mol. The van der Waals surface area contributed by atoms with Crippen LogP contribution in [-0.2, 0) is 6.18 Å². The zero-order valence-electron chi connectivity index (χ0n) is 15.3. The number of thiazole rings is 1. The summed E-state index contributed by atoms with van der Waals surface area (Å²) in [5, 5.41) is 11.2. The van der Waals surface area contributed by atoms with Crippen LogP contribution in [0.25, 0.3) is 0 Å². The van der Waals surface area contributed by atoms with Crippen LogP contribution in [0.4, 0.5) is 24.8 Å². The molecule has 2 unspecified atom stereocenters. The second kappa shape index (κ2) is 7.82. The van der Waals surface area contributed by atoms with E-state index in [0.717, 1.165) is 67.1 Å². The Kier molecular flexibility index (Phi) is 5.42. The van der Waals surface area contributed by atoms with E-state index in [1.54, 1.807) is 0 Å². The Morgan fingerprint density at radius 2 is 1.93 bits per heavy atom. The van der Waals surface area contributed by atoms with E-state index < -0.39 is 11.9 Å². The Bertz CT molecular complexity index is 815. The number of hydrogen-bond donors (Lipinski definition) is 1. The Morgan fingerprint density at radius 1 is 1.14 bits per heavy atom. The van der Waals surface area contributed by atoms with Gasteiger partial charge in [0, 0.05) is 37.0 Å². The fourth-order valence-electron chi connectivity index (χ4n) is 3.99. The smallest absolute Gasteiger partial charge is 0.394 e. The van der Waals surface area contributed by atoms with Crippen molar-refractivity contribution in [3.63, 3.8) is 0 Å². The minimum atomic E-state index is -4.40. The minimum absolute atomic E-state index is 0.0368. The molecule has 0 radical (unpaired) electrons. The van der Waals surface area contributed by atoms with Crippen LogP contribution < -0.4 is 9.80 Å². The number of aromatic nitrogens is 3. The summed E-state index contributed by atoms with van der Waals surface area (Å²) in [4.78, 5) is 16.8. The van der Waals surface area contributed by atoms with Gasteiger partial charge in [0.1, 0.15) is 18.0 Å². The van der Waals surface area contributed by atoms with Crippen LogP contribution in [0.2, 0.25) is 0 Å². The Morgan fingerprint density at radius 3 is 2.68 bits per heavy atom. The molecule has 0 saturated carbocycles. The lowest BCUT2D eigenvalue weighted by molar-refractivity contribution is -0.140. The first-order chi connectivity index (χ1) is 13.5. The molecule has 152 valence electrons. The van der Waals surface area contributed by atoms with Crippen molar-refractivity contribution in [1.29, 1.82) is 0 Å². The number of piperidine rings is 1. The largest absolute Gasteiger partial charge is 0.434 e. The summed E-state index contributed by atoms with van der Waals surface area (Å²) in [6.07, 6.45) is 0.761. The van der Waals surface area contributed by atoms with Crippen molar-refractivity contribution >= 4 is 23.0 Å². The highest BCUT2D eigenvalue weighted by molar-refractivity contribution is 7.09. The lowest BCUT2D eigenvalue weighted by Gasteiger charge is -2.33. The molecule has 0 bridgehead atoms. The molecular formula is C18H22F3N5OS. The number of rotatable bonds is 4. The number of nitrogens with zero attached hydrogens (tertiary/aromatic N) is 5. The van der Waals surface area contributed by atoms with Gasteiger partial charge in [-0.3, -0.25) is 0 Å². The summed E-state index contributed by atoms with van der Waals surface area (Å²) < 4.78 is 38.6. The van der Waals surface area contributed by atoms with Gasteiger partial charge >= 0.3 is 6.18 Å². The Balaban J connectivity index is 1.50. The third-order valence-electron chi connectivity index (χ3n) is 5.43. The van der Waals surface area contributed by atoms with Gasteiger partial charge in [-0.05, 0) is 25.7 Å². The van der Waals surface area contributed by atoms with Gasteiger partial charge in [-0.15, -0.1) is 11.3 Å². The van der Waals surface area contributed by atoms with Gasteiger partial charge in [-0.1, -0.05) is 0 Å². The van der Waals surface area contributed by atoms with E-state index in [2.05, 4.69) is 24.8 Å². The van der Waals surface area contributed by atoms with Gasteiger partial charge in [-0.25, -0.2) is 15.0 Å². The summed E-state index contributed by atoms with van der Waals surface area (Å²) in [6, 6.07) is 1.99. The minimum Gasteiger partial charge on any atom is -0.394 e. The van der Waals surface area contributed by atoms with Crippen molar-refractivity contribution in [3.8, 4) is 0 Å². The molecule has 2 aliphatic heterocycles. The maximum atomic E-state index is 12.9. The van der Waals surface area contributed by atoms with Crippen LogP contribution in [0.5, 0.6) is 0 Å². The molecule has 0 amide bonds. The standard InChI is InChI=1S/C18H22F3N5OS/c19-18(20,21)14-10-28-17(24-14)12-3-1-5-25(8-12)15-7-16(23-11-22-15)26-6-2-4-13(26)9-27/h7,10-13,27H,1-6,8-9H2. The molecule has 2 fully saturated rings. The van der Waals surface area contributed by atoms with Crippen LogP contribution in [0, 0.1) is 0 Å². The zero-order chi connectivity index (χ0) is 19.7. The first-order valence-electron chi connectivity index (χ1n) is 9.43. The van der Waals surface area contributed by atoms with Gasteiger partial charge < -0.3 is 14.9 Å². The Hall–Kier alpha value is -1.94. The SMILES string of the molecule is OCC1CCCN1c1cc(N2CCCC(c3nc(C(F)(F)F)cs3)C2)ncn1. The molecule has 2 aliphatic rings.